The number of hydrogen-bond acceptors (Lipinski definition) is 4. The first-order chi connectivity index (χ1) is 14.1. The first-order valence-corrected chi connectivity index (χ1v) is 10.2. The summed E-state index contributed by atoms with van der Waals surface area (Å²) in [5.74, 6) is 1.38. The number of ether oxygens (including phenoxy) is 1. The predicted octanol–water partition coefficient (Wildman–Crippen LogP) is 3.67. The number of rotatable bonds is 9. The first-order valence-electron chi connectivity index (χ1n) is 10.2. The van der Waals surface area contributed by atoms with Gasteiger partial charge in [0.05, 0.1) is 6.61 Å². The lowest BCUT2D eigenvalue weighted by Gasteiger charge is -2.09. The Morgan fingerprint density at radius 1 is 0.966 bits per heavy atom. The molecule has 0 saturated heterocycles. The zero-order valence-electron chi connectivity index (χ0n) is 17.3. The average molecular weight is 396 g/mol. The van der Waals surface area contributed by atoms with Crippen LogP contribution >= 0.6 is 0 Å². The molecule has 0 spiro atoms. The summed E-state index contributed by atoms with van der Waals surface area (Å²) in [6.45, 7) is 7.63. The van der Waals surface area contributed by atoms with Gasteiger partial charge in [0.2, 0.25) is 0 Å². The third kappa shape index (κ3) is 4.50. The molecule has 0 aliphatic rings. The molecule has 1 aromatic carbocycles. The molecule has 2 heterocycles. The number of aryl methyl sites for hydroxylation is 1. The van der Waals surface area contributed by atoms with Gasteiger partial charge in [-0.05, 0) is 43.0 Å². The minimum Gasteiger partial charge on any atom is -0.494 e. The van der Waals surface area contributed by atoms with Crippen molar-refractivity contribution in [2.75, 3.05) is 6.61 Å². The second-order valence-corrected chi connectivity index (χ2v) is 6.96. The van der Waals surface area contributed by atoms with Crippen molar-refractivity contribution < 1.29 is 4.74 Å². The SMILES string of the molecule is CCCOc1ccc(C=Cc2nc3c([nH]2)c(=O)n(CCC)c(=O)n3CCC)cc1. The van der Waals surface area contributed by atoms with Gasteiger partial charge in [-0.2, -0.15) is 0 Å². The van der Waals surface area contributed by atoms with E-state index in [1.807, 2.05) is 50.3 Å². The Hall–Kier alpha value is -3.09. The number of H-pyrrole nitrogens is 1. The van der Waals surface area contributed by atoms with Crippen molar-refractivity contribution >= 4 is 23.3 Å². The molecule has 0 radical (unpaired) electrons. The summed E-state index contributed by atoms with van der Waals surface area (Å²) in [6, 6.07) is 7.78. The van der Waals surface area contributed by atoms with Gasteiger partial charge in [-0.25, -0.2) is 9.78 Å². The first kappa shape index (κ1) is 20.6. The van der Waals surface area contributed by atoms with Crippen molar-refractivity contribution in [1.29, 1.82) is 0 Å². The van der Waals surface area contributed by atoms with Crippen LogP contribution < -0.4 is 16.0 Å². The molecule has 29 heavy (non-hydrogen) atoms. The van der Waals surface area contributed by atoms with Gasteiger partial charge < -0.3 is 9.72 Å². The van der Waals surface area contributed by atoms with Gasteiger partial charge in [0.25, 0.3) is 5.56 Å². The molecule has 0 aliphatic heterocycles. The number of imidazole rings is 1. The highest BCUT2D eigenvalue weighted by Gasteiger charge is 2.15. The van der Waals surface area contributed by atoms with E-state index in [-0.39, 0.29) is 11.2 Å². The van der Waals surface area contributed by atoms with Crippen LogP contribution in [0.1, 0.15) is 51.4 Å². The lowest BCUT2D eigenvalue weighted by atomic mass is 10.2. The topological polar surface area (TPSA) is 81.9 Å². The number of fused-ring (bicyclic) bond motifs is 1. The monoisotopic (exact) mass is 396 g/mol. The summed E-state index contributed by atoms with van der Waals surface area (Å²) in [5, 5.41) is 0. The highest BCUT2D eigenvalue weighted by Crippen LogP contribution is 2.15. The van der Waals surface area contributed by atoms with Crippen molar-refractivity contribution in [3.05, 3.63) is 56.5 Å². The smallest absolute Gasteiger partial charge is 0.332 e. The fourth-order valence-electron chi connectivity index (χ4n) is 3.18. The van der Waals surface area contributed by atoms with Gasteiger partial charge in [0.1, 0.15) is 17.1 Å². The summed E-state index contributed by atoms with van der Waals surface area (Å²) >= 11 is 0. The summed E-state index contributed by atoms with van der Waals surface area (Å²) in [7, 11) is 0. The molecule has 7 heteroatoms. The third-order valence-corrected chi connectivity index (χ3v) is 4.56. The second-order valence-electron chi connectivity index (χ2n) is 6.96. The molecule has 0 amide bonds. The molecule has 0 unspecified atom stereocenters. The van der Waals surface area contributed by atoms with Crippen molar-refractivity contribution in [2.24, 2.45) is 0 Å². The molecule has 7 nitrogen and oxygen atoms in total. The number of nitrogens with zero attached hydrogens (tertiary/aromatic N) is 3. The summed E-state index contributed by atoms with van der Waals surface area (Å²) in [4.78, 5) is 33.1. The Morgan fingerprint density at radius 3 is 2.31 bits per heavy atom. The molecule has 0 atom stereocenters. The Balaban J connectivity index is 1.95. The van der Waals surface area contributed by atoms with Gasteiger partial charge >= 0.3 is 5.69 Å². The summed E-state index contributed by atoms with van der Waals surface area (Å²) in [5.41, 5.74) is 1.16. The number of hydrogen-bond donors (Lipinski definition) is 1. The van der Waals surface area contributed by atoms with Gasteiger partial charge in [0, 0.05) is 13.1 Å². The molecule has 1 N–H and O–H groups in total. The van der Waals surface area contributed by atoms with Crippen LogP contribution in [-0.4, -0.2) is 25.7 Å². The van der Waals surface area contributed by atoms with E-state index in [0.717, 1.165) is 24.2 Å². The minimum absolute atomic E-state index is 0.295. The molecule has 0 fully saturated rings. The van der Waals surface area contributed by atoms with Gasteiger partial charge in [-0.3, -0.25) is 13.9 Å². The highest BCUT2D eigenvalue weighted by atomic mass is 16.5. The number of aromatic amines is 1. The van der Waals surface area contributed by atoms with Crippen LogP contribution in [0.2, 0.25) is 0 Å². The average Bonchev–Trinajstić information content (AvgIpc) is 3.16. The zero-order valence-corrected chi connectivity index (χ0v) is 17.3. The molecule has 154 valence electrons. The molecule has 0 aliphatic carbocycles. The number of benzene rings is 1. The van der Waals surface area contributed by atoms with Gasteiger partial charge in [-0.15, -0.1) is 0 Å². The maximum absolute atomic E-state index is 12.7. The molecule has 3 aromatic rings. The Morgan fingerprint density at radius 2 is 1.66 bits per heavy atom. The van der Waals surface area contributed by atoms with Crippen LogP contribution in [-0.2, 0) is 13.1 Å². The molecule has 0 saturated carbocycles. The molecule has 2 aromatic heterocycles. The predicted molar refractivity (Wildman–Crippen MR) is 116 cm³/mol. The largest absolute Gasteiger partial charge is 0.494 e. The number of nitrogens with one attached hydrogen (secondary N) is 1. The van der Waals surface area contributed by atoms with E-state index in [9.17, 15) is 9.59 Å². The molecule has 0 bridgehead atoms. The van der Waals surface area contributed by atoms with Crippen LogP contribution in [0.25, 0.3) is 23.3 Å². The third-order valence-electron chi connectivity index (χ3n) is 4.56. The van der Waals surface area contributed by atoms with Crippen molar-refractivity contribution in [3.63, 3.8) is 0 Å². The normalized spacial score (nSPS) is 11.6. The van der Waals surface area contributed by atoms with Crippen molar-refractivity contribution in [3.8, 4) is 5.75 Å². The van der Waals surface area contributed by atoms with Crippen molar-refractivity contribution in [1.82, 2.24) is 19.1 Å². The van der Waals surface area contributed by atoms with Gasteiger partial charge in [0.15, 0.2) is 5.65 Å². The van der Waals surface area contributed by atoms with Crippen LogP contribution in [0, 0.1) is 0 Å². The van der Waals surface area contributed by atoms with Crippen LogP contribution in [0.3, 0.4) is 0 Å². The van der Waals surface area contributed by atoms with E-state index in [1.54, 1.807) is 4.57 Å². The quantitative estimate of drug-likeness (QED) is 0.598. The summed E-state index contributed by atoms with van der Waals surface area (Å²) < 4.78 is 8.47. The maximum Gasteiger partial charge on any atom is 0.332 e. The van der Waals surface area contributed by atoms with Crippen LogP contribution in [0.5, 0.6) is 5.75 Å². The Labute approximate surface area is 169 Å². The van der Waals surface area contributed by atoms with Gasteiger partial charge in [-0.1, -0.05) is 39.0 Å². The molecular weight excluding hydrogens is 368 g/mol. The molecular formula is C22H28N4O3. The van der Waals surface area contributed by atoms with Crippen molar-refractivity contribution in [2.45, 2.75) is 53.1 Å². The van der Waals surface area contributed by atoms with Crippen LogP contribution in [0.15, 0.2) is 33.9 Å². The van der Waals surface area contributed by atoms with E-state index in [0.29, 0.717) is 43.1 Å². The lowest BCUT2D eigenvalue weighted by Crippen LogP contribution is -2.40. The maximum atomic E-state index is 12.7. The van der Waals surface area contributed by atoms with E-state index >= 15 is 0 Å². The Bertz CT molecular complexity index is 1100. The zero-order chi connectivity index (χ0) is 20.8. The summed E-state index contributed by atoms with van der Waals surface area (Å²) in [6.07, 6.45) is 6.19. The Kier molecular flexibility index (Phi) is 6.69. The van der Waals surface area contributed by atoms with E-state index in [4.69, 9.17) is 4.74 Å². The van der Waals surface area contributed by atoms with E-state index < -0.39 is 0 Å². The van der Waals surface area contributed by atoms with E-state index in [2.05, 4.69) is 16.9 Å². The molecule has 3 rings (SSSR count). The minimum atomic E-state index is -0.316. The van der Waals surface area contributed by atoms with Crippen LogP contribution in [0.4, 0.5) is 0 Å². The lowest BCUT2D eigenvalue weighted by molar-refractivity contribution is 0.317. The second kappa shape index (κ2) is 9.41. The standard InChI is InChI=1S/C22H28N4O3/c1-4-13-25-20-19(21(27)26(14-5-2)22(25)28)23-18(24-20)12-9-16-7-10-17(11-8-16)29-15-6-3/h7-12H,4-6,13-15H2,1-3H3,(H,23,24). The fourth-order valence-corrected chi connectivity index (χ4v) is 3.18. The highest BCUT2D eigenvalue weighted by molar-refractivity contribution is 5.75. The number of aromatic nitrogens is 4. The fraction of sp³-hybridized carbons (Fsp3) is 0.409. The van der Waals surface area contributed by atoms with E-state index in [1.165, 1.54) is 4.57 Å².